The van der Waals surface area contributed by atoms with E-state index in [0.29, 0.717) is 13.2 Å². The van der Waals surface area contributed by atoms with E-state index in [1.54, 1.807) is 7.11 Å². The Labute approximate surface area is 184 Å². The fourth-order valence-corrected chi connectivity index (χ4v) is 3.90. The maximum absolute atomic E-state index is 6.40. The average molecular weight is 479 g/mol. The van der Waals surface area contributed by atoms with Gasteiger partial charge in [0, 0.05) is 18.0 Å². The van der Waals surface area contributed by atoms with E-state index in [1.165, 1.54) is 0 Å². The molecule has 0 radical (unpaired) electrons. The zero-order valence-corrected chi connectivity index (χ0v) is 21.1. The third-order valence-electron chi connectivity index (χ3n) is 5.43. The minimum absolute atomic E-state index is 0.170. The fourth-order valence-electron chi connectivity index (χ4n) is 2.55. The second kappa shape index (κ2) is 9.91. The number of pyridine rings is 1. The Morgan fingerprint density at radius 1 is 1.10 bits per heavy atom. The molecule has 0 unspecified atom stereocenters. The first-order valence-corrected chi connectivity index (χ1v) is 13.6. The molecule has 0 saturated carbocycles. The smallest absolute Gasteiger partial charge is 0.192 e. The molecular formula is C23H32BrNO3Si. The summed E-state index contributed by atoms with van der Waals surface area (Å²) in [5, 5.41) is 0.170. The van der Waals surface area contributed by atoms with Gasteiger partial charge in [-0.15, -0.1) is 0 Å². The van der Waals surface area contributed by atoms with Crippen molar-refractivity contribution >= 4 is 29.8 Å². The van der Waals surface area contributed by atoms with Gasteiger partial charge in [-0.1, -0.05) is 42.8 Å². The van der Waals surface area contributed by atoms with Gasteiger partial charge in [0.1, 0.15) is 0 Å². The first-order chi connectivity index (χ1) is 13.6. The van der Waals surface area contributed by atoms with Crippen molar-refractivity contribution in [1.29, 1.82) is 0 Å². The van der Waals surface area contributed by atoms with Crippen molar-refractivity contribution in [3.8, 4) is 22.6 Å². The van der Waals surface area contributed by atoms with Gasteiger partial charge in [-0.05, 0) is 64.9 Å². The molecule has 0 spiro atoms. The molecule has 0 atom stereocenters. The lowest BCUT2D eigenvalue weighted by Gasteiger charge is -2.36. The summed E-state index contributed by atoms with van der Waals surface area (Å²) in [6, 6.07) is 8.07. The normalized spacial score (nSPS) is 12.8. The minimum atomic E-state index is -1.83. The first kappa shape index (κ1) is 23.6. The summed E-state index contributed by atoms with van der Waals surface area (Å²) >= 11 is 3.51. The predicted molar refractivity (Wildman–Crippen MR) is 127 cm³/mol. The highest BCUT2D eigenvalue weighted by atomic mass is 79.9. The van der Waals surface area contributed by atoms with E-state index < -0.39 is 8.32 Å². The molecule has 0 amide bonds. The van der Waals surface area contributed by atoms with E-state index in [4.69, 9.17) is 13.9 Å². The summed E-state index contributed by atoms with van der Waals surface area (Å²) in [5.74, 6) is 1.46. The number of hydrogen-bond donors (Lipinski definition) is 0. The van der Waals surface area contributed by atoms with Crippen molar-refractivity contribution in [1.82, 2.24) is 4.98 Å². The quantitative estimate of drug-likeness (QED) is 0.387. The summed E-state index contributed by atoms with van der Waals surface area (Å²) in [4.78, 5) is 6.39. The first-order valence-electron chi connectivity index (χ1n) is 9.82. The van der Waals surface area contributed by atoms with Gasteiger partial charge in [0.15, 0.2) is 19.8 Å². The lowest BCUT2D eigenvalue weighted by molar-refractivity contribution is 0.311. The Morgan fingerprint density at radius 3 is 2.41 bits per heavy atom. The number of aromatic nitrogens is 1. The number of nitrogens with zero attached hydrogens (tertiary/aromatic N) is 1. The molecule has 0 aliphatic carbocycles. The Kier molecular flexibility index (Phi) is 8.08. The SMILES string of the molecule is CCOc1cc(-c2cncc(C(=CBr)CO[Si](C)(C)C(C)(C)C)c2)ccc1OC. The van der Waals surface area contributed by atoms with E-state index >= 15 is 0 Å². The zero-order chi connectivity index (χ0) is 21.7. The van der Waals surface area contributed by atoms with Crippen LogP contribution < -0.4 is 9.47 Å². The van der Waals surface area contributed by atoms with Crippen LogP contribution in [0.3, 0.4) is 0 Å². The highest BCUT2D eigenvalue weighted by Crippen LogP contribution is 2.38. The van der Waals surface area contributed by atoms with Crippen molar-refractivity contribution in [3.63, 3.8) is 0 Å². The largest absolute Gasteiger partial charge is 0.493 e. The molecule has 29 heavy (non-hydrogen) atoms. The van der Waals surface area contributed by atoms with Crippen molar-refractivity contribution in [2.75, 3.05) is 20.3 Å². The van der Waals surface area contributed by atoms with Gasteiger partial charge in [-0.2, -0.15) is 0 Å². The molecule has 0 aliphatic heterocycles. The summed E-state index contributed by atoms with van der Waals surface area (Å²) in [6.07, 6.45) is 3.74. The Balaban J connectivity index is 2.29. The van der Waals surface area contributed by atoms with Gasteiger partial charge < -0.3 is 13.9 Å². The van der Waals surface area contributed by atoms with Crippen LogP contribution >= 0.6 is 15.9 Å². The van der Waals surface area contributed by atoms with Crippen LogP contribution in [0.4, 0.5) is 0 Å². The lowest BCUT2D eigenvalue weighted by atomic mass is 10.0. The van der Waals surface area contributed by atoms with E-state index in [0.717, 1.165) is 33.8 Å². The molecule has 4 nitrogen and oxygen atoms in total. The van der Waals surface area contributed by atoms with Gasteiger partial charge in [0.2, 0.25) is 0 Å². The topological polar surface area (TPSA) is 40.6 Å². The van der Waals surface area contributed by atoms with Crippen LogP contribution in [0.25, 0.3) is 16.7 Å². The molecule has 0 N–H and O–H groups in total. The van der Waals surface area contributed by atoms with Crippen LogP contribution in [0.5, 0.6) is 11.5 Å². The van der Waals surface area contributed by atoms with Crippen LogP contribution in [0.2, 0.25) is 18.1 Å². The monoisotopic (exact) mass is 477 g/mol. The summed E-state index contributed by atoms with van der Waals surface area (Å²) in [6.45, 7) is 14.4. The van der Waals surface area contributed by atoms with Crippen LogP contribution in [0.1, 0.15) is 33.3 Å². The van der Waals surface area contributed by atoms with Crippen molar-refractivity contribution in [2.45, 2.75) is 45.8 Å². The Morgan fingerprint density at radius 2 is 1.83 bits per heavy atom. The van der Waals surface area contributed by atoms with E-state index in [-0.39, 0.29) is 5.04 Å². The molecule has 2 aromatic rings. The highest BCUT2D eigenvalue weighted by molar-refractivity contribution is 9.11. The lowest BCUT2D eigenvalue weighted by Crippen LogP contribution is -2.41. The number of halogens is 1. The van der Waals surface area contributed by atoms with Crippen LogP contribution in [-0.2, 0) is 4.43 Å². The number of ether oxygens (including phenoxy) is 2. The molecule has 158 valence electrons. The zero-order valence-electron chi connectivity index (χ0n) is 18.5. The summed E-state index contributed by atoms with van der Waals surface area (Å²) in [7, 11) is -0.186. The van der Waals surface area contributed by atoms with Crippen LogP contribution in [0, 0.1) is 0 Å². The molecule has 0 aliphatic rings. The second-order valence-corrected chi connectivity index (χ2v) is 13.7. The average Bonchev–Trinajstić information content (AvgIpc) is 2.68. The standard InChI is InChI=1S/C23H32BrNO3Si/c1-8-27-22-12-17(9-10-21(22)26-5)18-11-19(15-25-14-18)20(13-24)16-28-29(6,7)23(2,3)4/h9-15H,8,16H2,1-7H3. The molecular weight excluding hydrogens is 446 g/mol. The van der Waals surface area contributed by atoms with E-state index in [9.17, 15) is 0 Å². The summed E-state index contributed by atoms with van der Waals surface area (Å²) < 4.78 is 17.5. The molecule has 1 aromatic heterocycles. The second-order valence-electron chi connectivity index (χ2n) is 8.44. The molecule has 1 heterocycles. The Bertz CT molecular complexity index is 859. The number of benzene rings is 1. The number of rotatable bonds is 8. The summed E-state index contributed by atoms with van der Waals surface area (Å²) in [5.41, 5.74) is 4.16. The van der Waals surface area contributed by atoms with Crippen molar-refractivity contribution in [3.05, 3.63) is 47.2 Å². The van der Waals surface area contributed by atoms with E-state index in [2.05, 4.69) is 60.8 Å². The van der Waals surface area contributed by atoms with Gasteiger partial charge in [-0.3, -0.25) is 4.98 Å². The van der Waals surface area contributed by atoms with Crippen LogP contribution in [0.15, 0.2) is 41.6 Å². The van der Waals surface area contributed by atoms with Crippen molar-refractivity contribution < 1.29 is 13.9 Å². The Hall–Kier alpha value is -1.63. The molecule has 0 bridgehead atoms. The van der Waals surface area contributed by atoms with Gasteiger partial charge in [-0.25, -0.2) is 0 Å². The fraction of sp³-hybridized carbons (Fsp3) is 0.435. The van der Waals surface area contributed by atoms with Gasteiger partial charge in [0.25, 0.3) is 0 Å². The highest BCUT2D eigenvalue weighted by Gasteiger charge is 2.37. The van der Waals surface area contributed by atoms with E-state index in [1.807, 2.05) is 42.5 Å². The van der Waals surface area contributed by atoms with Gasteiger partial charge >= 0.3 is 0 Å². The van der Waals surface area contributed by atoms with Crippen molar-refractivity contribution in [2.24, 2.45) is 0 Å². The predicted octanol–water partition coefficient (Wildman–Crippen LogP) is 6.91. The number of hydrogen-bond acceptors (Lipinski definition) is 4. The number of methoxy groups -OCH3 is 1. The minimum Gasteiger partial charge on any atom is -0.493 e. The third-order valence-corrected chi connectivity index (χ3v) is 10.5. The maximum atomic E-state index is 6.40. The van der Waals surface area contributed by atoms with Gasteiger partial charge in [0.05, 0.1) is 20.3 Å². The third kappa shape index (κ3) is 5.93. The van der Waals surface area contributed by atoms with Crippen LogP contribution in [-0.4, -0.2) is 33.6 Å². The molecule has 0 saturated heterocycles. The molecule has 0 fully saturated rings. The molecule has 2 rings (SSSR count). The molecule has 6 heteroatoms. The maximum Gasteiger partial charge on any atom is 0.192 e. The molecule has 1 aromatic carbocycles.